The van der Waals surface area contributed by atoms with E-state index in [1.54, 1.807) is 6.33 Å². The molecule has 0 bridgehead atoms. The molecule has 0 saturated carbocycles. The first-order valence-corrected chi connectivity index (χ1v) is 8.44. The molecule has 6 nitrogen and oxygen atoms in total. The fourth-order valence-corrected chi connectivity index (χ4v) is 3.21. The topological polar surface area (TPSA) is 70.2 Å². The first kappa shape index (κ1) is 17.0. The number of piperidine rings is 1. The van der Waals surface area contributed by atoms with Crippen molar-refractivity contribution in [1.82, 2.24) is 20.6 Å². The summed E-state index contributed by atoms with van der Waals surface area (Å²) in [5.41, 5.74) is 1.00. The van der Waals surface area contributed by atoms with E-state index >= 15 is 0 Å². The summed E-state index contributed by atoms with van der Waals surface area (Å²) in [4.78, 5) is 22.8. The fourth-order valence-electron chi connectivity index (χ4n) is 3.21. The number of alkyl halides is 2. The summed E-state index contributed by atoms with van der Waals surface area (Å²) in [5.74, 6) is -2.19. The standard InChI is InChI=1S/C16H23F2N5O/c1-2-11-7-14(21-10-20-11)23-5-3-12(4-6-23)22-15(24)13-8-16(17,18)9-19-13/h7,10,12-13,19H,2-6,8-9H2,1H3,(H,22,24). The minimum atomic E-state index is -2.78. The van der Waals surface area contributed by atoms with E-state index in [4.69, 9.17) is 0 Å². The van der Waals surface area contributed by atoms with Gasteiger partial charge in [0, 0.05) is 37.3 Å². The van der Waals surface area contributed by atoms with E-state index in [0.29, 0.717) is 0 Å². The van der Waals surface area contributed by atoms with Gasteiger partial charge in [0.15, 0.2) is 0 Å². The van der Waals surface area contributed by atoms with Gasteiger partial charge in [-0.25, -0.2) is 18.7 Å². The Kier molecular flexibility index (Phi) is 4.93. The zero-order valence-electron chi connectivity index (χ0n) is 13.8. The Morgan fingerprint density at radius 3 is 2.79 bits per heavy atom. The number of hydrogen-bond acceptors (Lipinski definition) is 5. The van der Waals surface area contributed by atoms with Crippen LogP contribution in [-0.2, 0) is 11.2 Å². The van der Waals surface area contributed by atoms with Crippen molar-refractivity contribution in [2.24, 2.45) is 0 Å². The molecule has 2 fully saturated rings. The molecule has 3 heterocycles. The summed E-state index contributed by atoms with van der Waals surface area (Å²) in [6, 6.07) is 1.23. The molecule has 1 unspecified atom stereocenters. The van der Waals surface area contributed by atoms with Crippen molar-refractivity contribution in [3.63, 3.8) is 0 Å². The van der Waals surface area contributed by atoms with Crippen molar-refractivity contribution in [2.45, 2.75) is 50.6 Å². The van der Waals surface area contributed by atoms with E-state index in [9.17, 15) is 13.6 Å². The molecule has 1 aromatic heterocycles. The molecule has 8 heteroatoms. The van der Waals surface area contributed by atoms with Crippen LogP contribution in [0, 0.1) is 0 Å². The Bertz CT molecular complexity index is 590. The lowest BCUT2D eigenvalue weighted by atomic mass is 10.0. The Hall–Kier alpha value is -1.83. The third-order valence-electron chi connectivity index (χ3n) is 4.66. The van der Waals surface area contributed by atoms with Gasteiger partial charge in [-0.05, 0) is 19.3 Å². The molecule has 2 aliphatic heterocycles. The normalized spacial score (nSPS) is 24.1. The SMILES string of the molecule is CCc1cc(N2CCC(NC(=O)C3CC(F)(F)CN3)CC2)ncn1. The number of carbonyl (C=O) groups excluding carboxylic acids is 1. The maximum atomic E-state index is 13.2. The first-order valence-electron chi connectivity index (χ1n) is 8.44. The van der Waals surface area contributed by atoms with Crippen LogP contribution in [0.15, 0.2) is 12.4 Å². The highest BCUT2D eigenvalue weighted by Crippen LogP contribution is 2.25. The quantitative estimate of drug-likeness (QED) is 0.860. The predicted octanol–water partition coefficient (Wildman–Crippen LogP) is 1.12. The van der Waals surface area contributed by atoms with Gasteiger partial charge in [-0.15, -0.1) is 0 Å². The van der Waals surface area contributed by atoms with E-state index in [2.05, 4.69) is 32.4 Å². The second-order valence-corrected chi connectivity index (χ2v) is 6.48. The molecular weight excluding hydrogens is 316 g/mol. The molecule has 1 amide bonds. The monoisotopic (exact) mass is 339 g/mol. The molecule has 2 saturated heterocycles. The number of aryl methyl sites for hydroxylation is 1. The maximum absolute atomic E-state index is 13.2. The van der Waals surface area contributed by atoms with Crippen LogP contribution in [0.2, 0.25) is 0 Å². The number of rotatable bonds is 4. The van der Waals surface area contributed by atoms with Crippen molar-refractivity contribution in [1.29, 1.82) is 0 Å². The Balaban J connectivity index is 1.49. The van der Waals surface area contributed by atoms with Crippen molar-refractivity contribution < 1.29 is 13.6 Å². The second-order valence-electron chi connectivity index (χ2n) is 6.48. The van der Waals surface area contributed by atoms with Crippen LogP contribution < -0.4 is 15.5 Å². The van der Waals surface area contributed by atoms with Crippen molar-refractivity contribution in [3.8, 4) is 0 Å². The van der Waals surface area contributed by atoms with Crippen molar-refractivity contribution in [3.05, 3.63) is 18.1 Å². The average Bonchev–Trinajstić information content (AvgIpc) is 2.96. The van der Waals surface area contributed by atoms with E-state index in [1.807, 2.05) is 6.07 Å². The van der Waals surface area contributed by atoms with E-state index < -0.39 is 24.9 Å². The lowest BCUT2D eigenvalue weighted by molar-refractivity contribution is -0.124. The Labute approximate surface area is 140 Å². The van der Waals surface area contributed by atoms with Gasteiger partial charge in [0.1, 0.15) is 12.1 Å². The summed E-state index contributed by atoms with van der Waals surface area (Å²) in [6.07, 6.45) is 3.58. The van der Waals surface area contributed by atoms with Gasteiger partial charge in [0.2, 0.25) is 5.91 Å². The highest BCUT2D eigenvalue weighted by molar-refractivity contribution is 5.82. The van der Waals surface area contributed by atoms with E-state index in [0.717, 1.165) is 43.9 Å². The fraction of sp³-hybridized carbons (Fsp3) is 0.688. The molecule has 2 N–H and O–H groups in total. The number of nitrogens with one attached hydrogen (secondary N) is 2. The number of aromatic nitrogens is 2. The van der Waals surface area contributed by atoms with Crippen LogP contribution in [0.3, 0.4) is 0 Å². The lowest BCUT2D eigenvalue weighted by Crippen LogP contribution is -2.49. The van der Waals surface area contributed by atoms with Crippen LogP contribution in [-0.4, -0.2) is 53.5 Å². The lowest BCUT2D eigenvalue weighted by Gasteiger charge is -2.33. The van der Waals surface area contributed by atoms with Crippen LogP contribution in [0.25, 0.3) is 0 Å². The second kappa shape index (κ2) is 6.96. The molecule has 132 valence electrons. The highest BCUT2D eigenvalue weighted by atomic mass is 19.3. The maximum Gasteiger partial charge on any atom is 0.262 e. The summed E-state index contributed by atoms with van der Waals surface area (Å²) < 4.78 is 26.3. The summed E-state index contributed by atoms with van der Waals surface area (Å²) in [6.45, 7) is 3.18. The number of carbonyl (C=O) groups is 1. The van der Waals surface area contributed by atoms with Crippen molar-refractivity contribution >= 4 is 11.7 Å². The van der Waals surface area contributed by atoms with Crippen LogP contribution in [0.4, 0.5) is 14.6 Å². The number of anilines is 1. The van der Waals surface area contributed by atoms with Gasteiger partial charge >= 0.3 is 0 Å². The van der Waals surface area contributed by atoms with Gasteiger partial charge < -0.3 is 10.2 Å². The van der Waals surface area contributed by atoms with E-state index in [-0.39, 0.29) is 11.9 Å². The molecule has 1 aromatic rings. The van der Waals surface area contributed by atoms with Crippen molar-refractivity contribution in [2.75, 3.05) is 24.5 Å². The minimum Gasteiger partial charge on any atom is -0.356 e. The number of hydrogen-bond donors (Lipinski definition) is 2. The minimum absolute atomic E-state index is 0.0252. The van der Waals surface area contributed by atoms with E-state index in [1.165, 1.54) is 0 Å². The molecule has 0 spiro atoms. The third kappa shape index (κ3) is 3.98. The number of nitrogens with zero attached hydrogens (tertiary/aromatic N) is 3. The molecule has 0 aromatic carbocycles. The molecule has 24 heavy (non-hydrogen) atoms. The van der Waals surface area contributed by atoms with Crippen LogP contribution in [0.5, 0.6) is 0 Å². The zero-order chi connectivity index (χ0) is 17.2. The van der Waals surface area contributed by atoms with Gasteiger partial charge in [-0.2, -0.15) is 0 Å². The summed E-state index contributed by atoms with van der Waals surface area (Å²) in [5, 5.41) is 5.49. The average molecular weight is 339 g/mol. The number of amides is 1. The smallest absolute Gasteiger partial charge is 0.262 e. The Morgan fingerprint density at radius 1 is 1.42 bits per heavy atom. The predicted molar refractivity (Wildman–Crippen MR) is 86.1 cm³/mol. The molecule has 2 aliphatic rings. The molecule has 1 atom stereocenters. The summed E-state index contributed by atoms with van der Waals surface area (Å²) in [7, 11) is 0. The molecular formula is C16H23F2N5O. The third-order valence-corrected chi connectivity index (χ3v) is 4.66. The van der Waals surface area contributed by atoms with Crippen LogP contribution in [0.1, 0.15) is 31.9 Å². The van der Waals surface area contributed by atoms with Gasteiger partial charge in [0.25, 0.3) is 5.92 Å². The van der Waals surface area contributed by atoms with Gasteiger partial charge in [0.05, 0.1) is 12.6 Å². The van der Waals surface area contributed by atoms with Gasteiger partial charge in [-0.1, -0.05) is 6.92 Å². The zero-order valence-corrected chi connectivity index (χ0v) is 13.8. The molecule has 3 rings (SSSR count). The summed E-state index contributed by atoms with van der Waals surface area (Å²) >= 11 is 0. The first-order chi connectivity index (χ1) is 11.5. The molecule has 0 radical (unpaired) electrons. The largest absolute Gasteiger partial charge is 0.356 e. The number of halogens is 2. The van der Waals surface area contributed by atoms with Crippen LogP contribution >= 0.6 is 0 Å². The van der Waals surface area contributed by atoms with Gasteiger partial charge in [-0.3, -0.25) is 10.1 Å². The highest BCUT2D eigenvalue weighted by Gasteiger charge is 2.42. The Morgan fingerprint density at radius 2 is 2.17 bits per heavy atom. The molecule has 0 aliphatic carbocycles.